The zero-order chi connectivity index (χ0) is 12.4. The lowest BCUT2D eigenvalue weighted by Gasteiger charge is -2.35. The molecule has 2 rings (SSSR count). The highest BCUT2D eigenvalue weighted by Crippen LogP contribution is 2.25. The molecule has 94 valence electrons. The Hall–Kier alpha value is 0.1000. The van der Waals surface area contributed by atoms with Crippen molar-refractivity contribution in [1.82, 2.24) is 4.90 Å². The lowest BCUT2D eigenvalue weighted by Crippen LogP contribution is -2.47. The molecule has 0 spiro atoms. The lowest BCUT2D eigenvalue weighted by atomic mass is 9.94. The van der Waals surface area contributed by atoms with E-state index in [1.54, 1.807) is 0 Å². The van der Waals surface area contributed by atoms with Crippen molar-refractivity contribution in [1.29, 1.82) is 0 Å². The molecule has 0 saturated carbocycles. The van der Waals surface area contributed by atoms with Crippen LogP contribution in [0.25, 0.3) is 0 Å². The first-order valence-corrected chi connectivity index (χ1v) is 7.56. The molecule has 0 aromatic heterocycles. The van der Waals surface area contributed by atoms with E-state index in [4.69, 9.17) is 5.73 Å². The SMILES string of the molecule is CC1CCN(Cc2ccc(Br)c(Br)c2)CC1N. The largest absolute Gasteiger partial charge is 0.326 e. The molecule has 1 aromatic carbocycles. The van der Waals surface area contributed by atoms with Crippen molar-refractivity contribution in [3.05, 3.63) is 32.7 Å². The fourth-order valence-corrected chi connectivity index (χ4v) is 2.88. The van der Waals surface area contributed by atoms with Crippen LogP contribution in [-0.4, -0.2) is 24.0 Å². The van der Waals surface area contributed by atoms with Crippen LogP contribution in [0.5, 0.6) is 0 Å². The fraction of sp³-hybridized carbons (Fsp3) is 0.538. The van der Waals surface area contributed by atoms with Crippen LogP contribution in [0.1, 0.15) is 18.9 Å². The second kappa shape index (κ2) is 5.83. The van der Waals surface area contributed by atoms with Crippen molar-refractivity contribution < 1.29 is 0 Å². The highest BCUT2D eigenvalue weighted by atomic mass is 79.9. The minimum atomic E-state index is 0.322. The molecule has 0 radical (unpaired) electrons. The molecule has 1 aromatic rings. The van der Waals surface area contributed by atoms with Crippen molar-refractivity contribution in [3.63, 3.8) is 0 Å². The van der Waals surface area contributed by atoms with Crippen LogP contribution in [0, 0.1) is 5.92 Å². The van der Waals surface area contributed by atoms with Gasteiger partial charge in [-0.15, -0.1) is 0 Å². The zero-order valence-corrected chi connectivity index (χ0v) is 13.2. The molecule has 17 heavy (non-hydrogen) atoms. The summed E-state index contributed by atoms with van der Waals surface area (Å²) in [6.45, 7) is 5.40. The predicted molar refractivity (Wildman–Crippen MR) is 78.9 cm³/mol. The van der Waals surface area contributed by atoms with E-state index < -0.39 is 0 Å². The van der Waals surface area contributed by atoms with Gasteiger partial charge in [-0.2, -0.15) is 0 Å². The van der Waals surface area contributed by atoms with E-state index in [-0.39, 0.29) is 0 Å². The van der Waals surface area contributed by atoms with Crippen molar-refractivity contribution in [3.8, 4) is 0 Å². The number of benzene rings is 1. The second-order valence-corrected chi connectivity index (χ2v) is 6.62. The molecule has 0 bridgehead atoms. The summed E-state index contributed by atoms with van der Waals surface area (Å²) in [5, 5.41) is 0. The summed E-state index contributed by atoms with van der Waals surface area (Å²) < 4.78 is 2.22. The molecule has 1 saturated heterocycles. The number of nitrogens with two attached hydrogens (primary N) is 1. The highest BCUT2D eigenvalue weighted by Gasteiger charge is 2.22. The van der Waals surface area contributed by atoms with Gasteiger partial charge in [-0.1, -0.05) is 13.0 Å². The third-order valence-electron chi connectivity index (χ3n) is 3.49. The van der Waals surface area contributed by atoms with E-state index in [1.165, 1.54) is 12.0 Å². The van der Waals surface area contributed by atoms with E-state index in [1.807, 2.05) is 0 Å². The summed E-state index contributed by atoms with van der Waals surface area (Å²) in [6, 6.07) is 6.75. The average molecular weight is 362 g/mol. The Morgan fingerprint density at radius 2 is 2.12 bits per heavy atom. The van der Waals surface area contributed by atoms with Gasteiger partial charge in [-0.3, -0.25) is 4.90 Å². The number of likely N-dealkylation sites (tertiary alicyclic amines) is 1. The molecular weight excluding hydrogens is 344 g/mol. The summed E-state index contributed by atoms with van der Waals surface area (Å²) in [4.78, 5) is 2.44. The van der Waals surface area contributed by atoms with Gasteiger partial charge in [0.2, 0.25) is 0 Å². The van der Waals surface area contributed by atoms with Gasteiger partial charge in [0.15, 0.2) is 0 Å². The minimum Gasteiger partial charge on any atom is -0.326 e. The summed E-state index contributed by atoms with van der Waals surface area (Å²) in [7, 11) is 0. The number of nitrogens with zero attached hydrogens (tertiary/aromatic N) is 1. The lowest BCUT2D eigenvalue weighted by molar-refractivity contribution is 0.162. The van der Waals surface area contributed by atoms with Gasteiger partial charge < -0.3 is 5.73 Å². The topological polar surface area (TPSA) is 29.3 Å². The molecular formula is C13H18Br2N2. The summed E-state index contributed by atoms with van der Waals surface area (Å²) in [6.07, 6.45) is 1.21. The summed E-state index contributed by atoms with van der Waals surface area (Å²) in [5.74, 6) is 0.655. The molecule has 2 nitrogen and oxygen atoms in total. The molecule has 1 aliphatic rings. The first kappa shape index (κ1) is 13.5. The molecule has 1 fully saturated rings. The fourth-order valence-electron chi connectivity index (χ4n) is 2.21. The Morgan fingerprint density at radius 3 is 2.76 bits per heavy atom. The van der Waals surface area contributed by atoms with Crippen LogP contribution in [0.15, 0.2) is 27.1 Å². The number of piperidine rings is 1. The molecule has 0 aliphatic carbocycles. The van der Waals surface area contributed by atoms with Crippen LogP contribution >= 0.6 is 31.9 Å². The van der Waals surface area contributed by atoms with E-state index in [0.717, 1.165) is 28.6 Å². The van der Waals surface area contributed by atoms with Crippen LogP contribution in [-0.2, 0) is 6.54 Å². The normalized spacial score (nSPS) is 26.1. The average Bonchev–Trinajstić information content (AvgIpc) is 2.29. The first-order chi connectivity index (χ1) is 8.06. The van der Waals surface area contributed by atoms with Gasteiger partial charge in [0.05, 0.1) is 0 Å². The van der Waals surface area contributed by atoms with Gasteiger partial charge in [-0.05, 0) is 68.4 Å². The van der Waals surface area contributed by atoms with Crippen LogP contribution in [0.3, 0.4) is 0 Å². The highest BCUT2D eigenvalue weighted by molar-refractivity contribution is 9.13. The van der Waals surface area contributed by atoms with Crippen LogP contribution in [0.4, 0.5) is 0 Å². The third-order valence-corrected chi connectivity index (χ3v) is 5.37. The molecule has 1 heterocycles. The first-order valence-electron chi connectivity index (χ1n) is 5.98. The number of hydrogen-bond acceptors (Lipinski definition) is 2. The van der Waals surface area contributed by atoms with Gasteiger partial charge in [0.25, 0.3) is 0 Å². The Bertz CT molecular complexity index is 395. The second-order valence-electron chi connectivity index (χ2n) is 4.91. The molecule has 4 heteroatoms. The van der Waals surface area contributed by atoms with Crippen molar-refractivity contribution in [2.24, 2.45) is 11.7 Å². The maximum atomic E-state index is 6.12. The van der Waals surface area contributed by atoms with Gasteiger partial charge in [0, 0.05) is 28.1 Å². The van der Waals surface area contributed by atoms with Crippen molar-refractivity contribution in [2.45, 2.75) is 25.9 Å². The van der Waals surface area contributed by atoms with E-state index in [2.05, 4.69) is 61.9 Å². The van der Waals surface area contributed by atoms with Gasteiger partial charge in [-0.25, -0.2) is 0 Å². The quantitative estimate of drug-likeness (QED) is 0.874. The smallest absolute Gasteiger partial charge is 0.0320 e. The Labute approximate surface area is 120 Å². The Kier molecular flexibility index (Phi) is 4.64. The van der Waals surface area contributed by atoms with E-state index in [9.17, 15) is 0 Å². The number of rotatable bonds is 2. The van der Waals surface area contributed by atoms with Crippen molar-refractivity contribution in [2.75, 3.05) is 13.1 Å². The monoisotopic (exact) mass is 360 g/mol. The zero-order valence-electron chi connectivity index (χ0n) is 10.00. The minimum absolute atomic E-state index is 0.322. The standard InChI is InChI=1S/C13H18Br2N2/c1-9-4-5-17(8-13(9)16)7-10-2-3-11(14)12(15)6-10/h2-3,6,9,13H,4-5,7-8,16H2,1H3. The predicted octanol–water partition coefficient (Wildman–Crippen LogP) is 3.38. The molecule has 2 atom stereocenters. The molecule has 2 unspecified atom stereocenters. The van der Waals surface area contributed by atoms with E-state index in [0.29, 0.717) is 12.0 Å². The number of halogens is 2. The van der Waals surface area contributed by atoms with Gasteiger partial charge in [0.1, 0.15) is 0 Å². The maximum Gasteiger partial charge on any atom is 0.0320 e. The van der Waals surface area contributed by atoms with Crippen LogP contribution < -0.4 is 5.73 Å². The summed E-state index contributed by atoms with van der Waals surface area (Å²) in [5.41, 5.74) is 7.45. The molecule has 2 N–H and O–H groups in total. The van der Waals surface area contributed by atoms with Gasteiger partial charge >= 0.3 is 0 Å². The Morgan fingerprint density at radius 1 is 1.35 bits per heavy atom. The molecule has 0 amide bonds. The summed E-state index contributed by atoms with van der Waals surface area (Å²) >= 11 is 7.03. The maximum absolute atomic E-state index is 6.12. The van der Waals surface area contributed by atoms with Crippen LogP contribution in [0.2, 0.25) is 0 Å². The third kappa shape index (κ3) is 3.53. The number of hydrogen-bond donors (Lipinski definition) is 1. The van der Waals surface area contributed by atoms with E-state index >= 15 is 0 Å². The van der Waals surface area contributed by atoms with Crippen molar-refractivity contribution >= 4 is 31.9 Å². The molecule has 1 aliphatic heterocycles. The Balaban J connectivity index is 1.99.